The van der Waals surface area contributed by atoms with E-state index in [4.69, 9.17) is 5.73 Å². The first-order valence-electron chi connectivity index (χ1n) is 6.60. The van der Waals surface area contributed by atoms with Crippen LogP contribution in [0.1, 0.15) is 39.9 Å². The van der Waals surface area contributed by atoms with Crippen LogP contribution in [-0.2, 0) is 19.3 Å². The molecule has 3 rings (SSSR count). The zero-order chi connectivity index (χ0) is 12.4. The molecule has 2 heterocycles. The average molecular weight is 258 g/mol. The molecular weight excluding hydrogens is 240 g/mol. The van der Waals surface area contributed by atoms with E-state index in [-0.39, 0.29) is 6.04 Å². The van der Waals surface area contributed by atoms with Crippen LogP contribution in [0.4, 0.5) is 0 Å². The van der Waals surface area contributed by atoms with Crippen LogP contribution in [0.25, 0.3) is 0 Å². The fourth-order valence-electron chi connectivity index (χ4n) is 2.54. The van der Waals surface area contributed by atoms with Gasteiger partial charge in [-0.3, -0.25) is 4.98 Å². The second-order valence-electron chi connectivity index (χ2n) is 4.94. The van der Waals surface area contributed by atoms with Crippen LogP contribution < -0.4 is 5.73 Å². The Kier molecular flexibility index (Phi) is 3.43. The Morgan fingerprint density at radius 2 is 2.17 bits per heavy atom. The van der Waals surface area contributed by atoms with Crippen LogP contribution in [0.2, 0.25) is 0 Å². The Morgan fingerprint density at radius 1 is 1.28 bits per heavy atom. The van der Waals surface area contributed by atoms with Gasteiger partial charge in [0.05, 0.1) is 0 Å². The van der Waals surface area contributed by atoms with Gasteiger partial charge in [-0.05, 0) is 49.4 Å². The average Bonchev–Trinajstić information content (AvgIpc) is 2.84. The van der Waals surface area contributed by atoms with Gasteiger partial charge in [0, 0.05) is 34.1 Å². The van der Waals surface area contributed by atoms with E-state index < -0.39 is 0 Å². The predicted octanol–water partition coefficient (Wildman–Crippen LogP) is 3.26. The molecule has 2 nitrogen and oxygen atoms in total. The molecule has 3 heteroatoms. The maximum absolute atomic E-state index is 6.31. The van der Waals surface area contributed by atoms with E-state index >= 15 is 0 Å². The Balaban J connectivity index is 1.76. The standard InChI is InChI=1S/C15H18N2S/c16-13(10-12-6-3-4-8-17-12)15-9-11-5-1-2-7-14(11)18-15/h3-4,6,8-9,13H,1-2,5,7,10,16H2. The Bertz CT molecular complexity index is 495. The molecular formula is C15H18N2S. The number of hydrogen-bond donors (Lipinski definition) is 1. The molecule has 94 valence electrons. The van der Waals surface area contributed by atoms with Crippen LogP contribution in [0.3, 0.4) is 0 Å². The van der Waals surface area contributed by atoms with Crippen molar-refractivity contribution in [3.05, 3.63) is 51.5 Å². The number of aromatic nitrogens is 1. The zero-order valence-electron chi connectivity index (χ0n) is 10.4. The van der Waals surface area contributed by atoms with Gasteiger partial charge in [0.2, 0.25) is 0 Å². The highest BCUT2D eigenvalue weighted by Crippen LogP contribution is 2.32. The predicted molar refractivity (Wildman–Crippen MR) is 75.8 cm³/mol. The minimum Gasteiger partial charge on any atom is -0.323 e. The Hall–Kier alpha value is -1.19. The molecule has 2 aromatic heterocycles. The summed E-state index contributed by atoms with van der Waals surface area (Å²) in [5, 5.41) is 0. The van der Waals surface area contributed by atoms with Crippen LogP contribution in [0, 0.1) is 0 Å². The highest BCUT2D eigenvalue weighted by Gasteiger charge is 2.17. The molecule has 18 heavy (non-hydrogen) atoms. The van der Waals surface area contributed by atoms with Crippen LogP contribution in [0.15, 0.2) is 30.5 Å². The van der Waals surface area contributed by atoms with E-state index in [2.05, 4.69) is 11.1 Å². The summed E-state index contributed by atoms with van der Waals surface area (Å²) < 4.78 is 0. The third-order valence-electron chi connectivity index (χ3n) is 3.54. The lowest BCUT2D eigenvalue weighted by molar-refractivity contribution is 0.694. The molecule has 0 saturated heterocycles. The molecule has 1 atom stereocenters. The van der Waals surface area contributed by atoms with Crippen LogP contribution >= 0.6 is 11.3 Å². The molecule has 1 unspecified atom stereocenters. The lowest BCUT2D eigenvalue weighted by Gasteiger charge is -2.08. The van der Waals surface area contributed by atoms with Gasteiger partial charge in [-0.25, -0.2) is 0 Å². The van der Waals surface area contributed by atoms with E-state index in [9.17, 15) is 0 Å². The van der Waals surface area contributed by atoms with E-state index in [1.807, 2.05) is 35.7 Å². The first-order chi connectivity index (χ1) is 8.83. The number of pyridine rings is 1. The summed E-state index contributed by atoms with van der Waals surface area (Å²) in [6.45, 7) is 0. The van der Waals surface area contributed by atoms with Crippen molar-refractivity contribution in [2.45, 2.75) is 38.1 Å². The maximum Gasteiger partial charge on any atom is 0.0446 e. The second-order valence-corrected chi connectivity index (χ2v) is 6.10. The highest BCUT2D eigenvalue weighted by molar-refractivity contribution is 7.12. The first-order valence-corrected chi connectivity index (χ1v) is 7.41. The van der Waals surface area contributed by atoms with Crippen molar-refractivity contribution in [3.63, 3.8) is 0 Å². The summed E-state index contributed by atoms with van der Waals surface area (Å²) in [4.78, 5) is 7.24. The molecule has 0 amide bonds. The van der Waals surface area contributed by atoms with Gasteiger partial charge in [0.25, 0.3) is 0 Å². The molecule has 0 bridgehead atoms. The number of hydrogen-bond acceptors (Lipinski definition) is 3. The number of aryl methyl sites for hydroxylation is 2. The lowest BCUT2D eigenvalue weighted by Crippen LogP contribution is -2.12. The van der Waals surface area contributed by atoms with E-state index in [0.717, 1.165) is 12.1 Å². The summed E-state index contributed by atoms with van der Waals surface area (Å²) in [5.74, 6) is 0. The minimum atomic E-state index is 0.0931. The summed E-state index contributed by atoms with van der Waals surface area (Å²) in [5.41, 5.74) is 8.93. The number of thiophene rings is 1. The van der Waals surface area contributed by atoms with Crippen LogP contribution in [0.5, 0.6) is 0 Å². The normalized spacial score (nSPS) is 16.3. The fourth-order valence-corrected chi connectivity index (χ4v) is 3.80. The fraction of sp³-hybridized carbons (Fsp3) is 0.400. The zero-order valence-corrected chi connectivity index (χ0v) is 11.2. The van der Waals surface area contributed by atoms with Crippen molar-refractivity contribution in [1.29, 1.82) is 0 Å². The van der Waals surface area contributed by atoms with Gasteiger partial charge < -0.3 is 5.73 Å². The topological polar surface area (TPSA) is 38.9 Å². The molecule has 0 spiro atoms. The van der Waals surface area contributed by atoms with Crippen molar-refractivity contribution < 1.29 is 0 Å². The first kappa shape index (κ1) is 11.9. The van der Waals surface area contributed by atoms with Crippen molar-refractivity contribution in [3.8, 4) is 0 Å². The number of nitrogens with zero attached hydrogens (tertiary/aromatic N) is 1. The summed E-state index contributed by atoms with van der Waals surface area (Å²) in [6, 6.07) is 8.43. The number of fused-ring (bicyclic) bond motifs is 1. The molecule has 0 aliphatic heterocycles. The summed E-state index contributed by atoms with van der Waals surface area (Å²) in [6.07, 6.45) is 7.82. The lowest BCUT2D eigenvalue weighted by atomic mass is 9.98. The molecule has 0 fully saturated rings. The number of rotatable bonds is 3. The van der Waals surface area contributed by atoms with Crippen LogP contribution in [-0.4, -0.2) is 4.98 Å². The van der Waals surface area contributed by atoms with Gasteiger partial charge in [0.1, 0.15) is 0 Å². The molecule has 1 aliphatic rings. The van der Waals surface area contributed by atoms with Crippen molar-refractivity contribution >= 4 is 11.3 Å². The Morgan fingerprint density at radius 3 is 2.94 bits per heavy atom. The summed E-state index contributed by atoms with van der Waals surface area (Å²) >= 11 is 1.91. The van der Waals surface area contributed by atoms with Gasteiger partial charge in [-0.15, -0.1) is 11.3 Å². The van der Waals surface area contributed by atoms with Gasteiger partial charge in [-0.1, -0.05) is 6.07 Å². The molecule has 2 N–H and O–H groups in total. The molecule has 0 aromatic carbocycles. The Labute approximate surface area is 112 Å². The van der Waals surface area contributed by atoms with E-state index in [1.54, 1.807) is 4.88 Å². The molecule has 2 aromatic rings. The molecule has 0 radical (unpaired) electrons. The highest BCUT2D eigenvalue weighted by atomic mass is 32.1. The smallest absolute Gasteiger partial charge is 0.0446 e. The van der Waals surface area contributed by atoms with Crippen molar-refractivity contribution in [2.24, 2.45) is 5.73 Å². The van der Waals surface area contributed by atoms with E-state index in [0.29, 0.717) is 0 Å². The quantitative estimate of drug-likeness (QED) is 0.917. The van der Waals surface area contributed by atoms with Crippen molar-refractivity contribution in [1.82, 2.24) is 4.98 Å². The number of nitrogens with two attached hydrogens (primary N) is 1. The molecule has 1 aliphatic carbocycles. The van der Waals surface area contributed by atoms with E-state index in [1.165, 1.54) is 36.1 Å². The monoisotopic (exact) mass is 258 g/mol. The van der Waals surface area contributed by atoms with Gasteiger partial charge >= 0.3 is 0 Å². The minimum absolute atomic E-state index is 0.0931. The largest absolute Gasteiger partial charge is 0.323 e. The van der Waals surface area contributed by atoms with Gasteiger partial charge in [-0.2, -0.15) is 0 Å². The third kappa shape index (κ3) is 2.47. The second kappa shape index (κ2) is 5.21. The maximum atomic E-state index is 6.31. The molecule has 0 saturated carbocycles. The van der Waals surface area contributed by atoms with Crippen molar-refractivity contribution in [2.75, 3.05) is 0 Å². The summed E-state index contributed by atoms with van der Waals surface area (Å²) in [7, 11) is 0. The van der Waals surface area contributed by atoms with Gasteiger partial charge in [0.15, 0.2) is 0 Å². The SMILES string of the molecule is NC(Cc1ccccn1)c1cc2c(s1)CCCC2. The third-order valence-corrected chi connectivity index (χ3v) is 4.91.